The summed E-state index contributed by atoms with van der Waals surface area (Å²) in [5.41, 5.74) is 1.83. The van der Waals surface area contributed by atoms with Crippen LogP contribution in [0.5, 0.6) is 0 Å². The number of para-hydroxylation sites is 1. The first-order valence-electron chi connectivity index (χ1n) is 9.94. The van der Waals surface area contributed by atoms with Gasteiger partial charge in [0, 0.05) is 30.3 Å². The second kappa shape index (κ2) is 8.11. The fourth-order valence-corrected chi connectivity index (χ4v) is 4.13. The molecule has 2 aromatic rings. The van der Waals surface area contributed by atoms with Crippen LogP contribution in [0.2, 0.25) is 0 Å². The van der Waals surface area contributed by atoms with Crippen LogP contribution < -0.4 is 5.32 Å². The Morgan fingerprint density at radius 2 is 1.83 bits per heavy atom. The van der Waals surface area contributed by atoms with Crippen molar-refractivity contribution in [2.75, 3.05) is 25.0 Å². The van der Waals surface area contributed by atoms with Gasteiger partial charge < -0.3 is 19.9 Å². The molecule has 152 valence electrons. The molecule has 0 saturated carbocycles. The highest BCUT2D eigenvalue weighted by atomic mass is 19.1. The minimum atomic E-state index is -0.449. The number of ether oxygens (including phenoxy) is 1. The zero-order chi connectivity index (χ0) is 20.4. The number of rotatable bonds is 4. The third kappa shape index (κ3) is 3.64. The lowest BCUT2D eigenvalue weighted by atomic mass is 10.0. The van der Waals surface area contributed by atoms with Crippen LogP contribution >= 0.6 is 0 Å². The standard InChI is InChI=1S/C22H24FN3O3/c1-2-29-22(28)25-13-11-15(12-14-25)26-20(24-19-10-6-5-9-18(19)23)16-7-3-4-8-17(16)21(26)27/h3-10,15,20,24H,2,11-14H2,1H3. The number of likely N-dealkylation sites (tertiary alicyclic amines) is 1. The molecule has 1 saturated heterocycles. The van der Waals surface area contributed by atoms with Crippen LogP contribution in [0.25, 0.3) is 0 Å². The van der Waals surface area contributed by atoms with Gasteiger partial charge >= 0.3 is 6.09 Å². The van der Waals surface area contributed by atoms with Crippen LogP contribution in [0.3, 0.4) is 0 Å². The summed E-state index contributed by atoms with van der Waals surface area (Å²) in [6, 6.07) is 13.8. The zero-order valence-corrected chi connectivity index (χ0v) is 16.3. The van der Waals surface area contributed by atoms with E-state index in [1.165, 1.54) is 6.07 Å². The van der Waals surface area contributed by atoms with Gasteiger partial charge in [0.15, 0.2) is 0 Å². The summed E-state index contributed by atoms with van der Waals surface area (Å²) in [5.74, 6) is -0.426. The van der Waals surface area contributed by atoms with Gasteiger partial charge in [0.25, 0.3) is 5.91 Å². The Bertz CT molecular complexity index is 912. The number of piperidine rings is 1. The molecule has 1 atom stereocenters. The molecule has 1 N–H and O–H groups in total. The third-order valence-corrected chi connectivity index (χ3v) is 5.55. The van der Waals surface area contributed by atoms with Crippen molar-refractivity contribution in [2.45, 2.75) is 32.0 Å². The average Bonchev–Trinajstić information content (AvgIpc) is 3.02. The molecule has 6 nitrogen and oxygen atoms in total. The van der Waals surface area contributed by atoms with Gasteiger partial charge in [-0.25, -0.2) is 9.18 Å². The fourth-order valence-electron chi connectivity index (χ4n) is 4.13. The summed E-state index contributed by atoms with van der Waals surface area (Å²) < 4.78 is 19.4. The Kier molecular flexibility index (Phi) is 5.38. The molecule has 0 aliphatic carbocycles. The molecule has 0 bridgehead atoms. The van der Waals surface area contributed by atoms with Crippen molar-refractivity contribution in [1.29, 1.82) is 0 Å². The van der Waals surface area contributed by atoms with Crippen molar-refractivity contribution in [2.24, 2.45) is 0 Å². The minimum Gasteiger partial charge on any atom is -0.450 e. The van der Waals surface area contributed by atoms with Crippen LogP contribution in [0.15, 0.2) is 48.5 Å². The number of carbonyl (C=O) groups is 2. The van der Waals surface area contributed by atoms with E-state index in [1.54, 1.807) is 41.0 Å². The quantitative estimate of drug-likeness (QED) is 0.847. The first kappa shape index (κ1) is 19.2. The molecular weight excluding hydrogens is 373 g/mol. The summed E-state index contributed by atoms with van der Waals surface area (Å²) in [6.45, 7) is 3.17. The van der Waals surface area contributed by atoms with E-state index in [2.05, 4.69) is 5.32 Å². The van der Waals surface area contributed by atoms with E-state index < -0.39 is 6.17 Å². The number of benzene rings is 2. The number of carbonyl (C=O) groups excluding carboxylic acids is 2. The molecular formula is C22H24FN3O3. The lowest BCUT2D eigenvalue weighted by Crippen LogP contribution is -2.49. The summed E-state index contributed by atoms with van der Waals surface area (Å²) in [4.78, 5) is 28.6. The van der Waals surface area contributed by atoms with E-state index in [4.69, 9.17) is 4.74 Å². The first-order valence-corrected chi connectivity index (χ1v) is 9.94. The van der Waals surface area contributed by atoms with E-state index in [0.29, 0.717) is 43.8 Å². The third-order valence-electron chi connectivity index (χ3n) is 5.55. The predicted octanol–water partition coefficient (Wildman–Crippen LogP) is 4.01. The number of halogens is 1. The second-order valence-corrected chi connectivity index (χ2v) is 7.24. The number of hydrogen-bond acceptors (Lipinski definition) is 4. The average molecular weight is 397 g/mol. The SMILES string of the molecule is CCOC(=O)N1CCC(N2C(=O)c3ccccc3C2Nc2ccccc2F)CC1. The molecule has 2 amide bonds. The van der Waals surface area contributed by atoms with Crippen LogP contribution in [0.1, 0.15) is 41.9 Å². The predicted molar refractivity (Wildman–Crippen MR) is 107 cm³/mol. The summed E-state index contributed by atoms with van der Waals surface area (Å²) >= 11 is 0. The highest BCUT2D eigenvalue weighted by molar-refractivity contribution is 5.99. The van der Waals surface area contributed by atoms with Crippen molar-refractivity contribution in [3.63, 3.8) is 0 Å². The lowest BCUT2D eigenvalue weighted by molar-refractivity contribution is 0.0496. The molecule has 2 aliphatic heterocycles. The Balaban J connectivity index is 1.57. The van der Waals surface area contributed by atoms with Gasteiger partial charge in [-0.05, 0) is 38.0 Å². The molecule has 4 rings (SSSR count). The highest BCUT2D eigenvalue weighted by Crippen LogP contribution is 2.38. The molecule has 2 heterocycles. The first-order chi connectivity index (χ1) is 14.1. The zero-order valence-electron chi connectivity index (χ0n) is 16.3. The summed E-state index contributed by atoms with van der Waals surface area (Å²) in [7, 11) is 0. The van der Waals surface area contributed by atoms with E-state index in [0.717, 1.165) is 5.56 Å². The Morgan fingerprint density at radius 1 is 1.14 bits per heavy atom. The largest absolute Gasteiger partial charge is 0.450 e. The maximum Gasteiger partial charge on any atom is 0.409 e. The normalized spacial score (nSPS) is 19.2. The van der Waals surface area contributed by atoms with E-state index >= 15 is 0 Å². The van der Waals surface area contributed by atoms with Gasteiger partial charge in [0.2, 0.25) is 0 Å². The molecule has 1 unspecified atom stereocenters. The lowest BCUT2D eigenvalue weighted by Gasteiger charge is -2.39. The molecule has 2 aromatic carbocycles. The Hall–Kier alpha value is -3.09. The van der Waals surface area contributed by atoms with Gasteiger partial charge in [0.05, 0.1) is 12.3 Å². The van der Waals surface area contributed by atoms with Crippen molar-refractivity contribution in [3.8, 4) is 0 Å². The topological polar surface area (TPSA) is 61.9 Å². The number of anilines is 1. The summed E-state index contributed by atoms with van der Waals surface area (Å²) in [6.07, 6.45) is 0.528. The van der Waals surface area contributed by atoms with Gasteiger partial charge in [-0.2, -0.15) is 0 Å². The second-order valence-electron chi connectivity index (χ2n) is 7.24. The molecule has 0 aromatic heterocycles. The monoisotopic (exact) mass is 397 g/mol. The molecule has 2 aliphatic rings. The molecule has 0 radical (unpaired) electrons. The number of amides is 2. The minimum absolute atomic E-state index is 0.0511. The van der Waals surface area contributed by atoms with Crippen molar-refractivity contribution < 1.29 is 18.7 Å². The van der Waals surface area contributed by atoms with Crippen molar-refractivity contribution >= 4 is 17.7 Å². The van der Waals surface area contributed by atoms with E-state index in [1.807, 2.05) is 18.2 Å². The smallest absolute Gasteiger partial charge is 0.409 e. The fraction of sp³-hybridized carbons (Fsp3) is 0.364. The van der Waals surface area contributed by atoms with E-state index in [9.17, 15) is 14.0 Å². The van der Waals surface area contributed by atoms with Gasteiger partial charge in [-0.1, -0.05) is 30.3 Å². The van der Waals surface area contributed by atoms with E-state index in [-0.39, 0.29) is 23.9 Å². The summed E-state index contributed by atoms with van der Waals surface area (Å²) in [5, 5.41) is 3.22. The van der Waals surface area contributed by atoms with Gasteiger partial charge in [0.1, 0.15) is 12.0 Å². The van der Waals surface area contributed by atoms with Gasteiger partial charge in [-0.3, -0.25) is 4.79 Å². The van der Waals surface area contributed by atoms with Crippen molar-refractivity contribution in [1.82, 2.24) is 9.80 Å². The number of hydrogen-bond donors (Lipinski definition) is 1. The number of nitrogens with zero attached hydrogens (tertiary/aromatic N) is 2. The number of fused-ring (bicyclic) bond motifs is 1. The Labute approximate surface area is 169 Å². The molecule has 0 spiro atoms. The van der Waals surface area contributed by atoms with Crippen LogP contribution in [-0.4, -0.2) is 47.5 Å². The molecule has 29 heavy (non-hydrogen) atoms. The molecule has 7 heteroatoms. The maximum atomic E-state index is 14.3. The highest BCUT2D eigenvalue weighted by Gasteiger charge is 2.42. The molecule has 1 fully saturated rings. The van der Waals surface area contributed by atoms with Crippen LogP contribution in [0, 0.1) is 5.82 Å². The van der Waals surface area contributed by atoms with Crippen LogP contribution in [0.4, 0.5) is 14.9 Å². The maximum absolute atomic E-state index is 14.3. The number of nitrogens with one attached hydrogen (secondary N) is 1. The van der Waals surface area contributed by atoms with Crippen LogP contribution in [-0.2, 0) is 4.74 Å². The van der Waals surface area contributed by atoms with Crippen molar-refractivity contribution in [3.05, 3.63) is 65.5 Å². The van der Waals surface area contributed by atoms with Gasteiger partial charge in [-0.15, -0.1) is 0 Å². The Morgan fingerprint density at radius 3 is 2.55 bits per heavy atom.